The first kappa shape index (κ1) is 20.9. The summed E-state index contributed by atoms with van der Waals surface area (Å²) in [5, 5.41) is 3.36. The lowest BCUT2D eigenvalue weighted by Crippen LogP contribution is -2.40. The van der Waals surface area contributed by atoms with Gasteiger partial charge in [0.1, 0.15) is 6.54 Å². The first-order valence-corrected chi connectivity index (χ1v) is 7.91. The van der Waals surface area contributed by atoms with Gasteiger partial charge in [-0.25, -0.2) is 4.99 Å². The fourth-order valence-corrected chi connectivity index (χ4v) is 2.77. The van der Waals surface area contributed by atoms with Gasteiger partial charge in [-0.1, -0.05) is 6.58 Å². The molecule has 2 aliphatic heterocycles. The molecule has 0 aromatic carbocycles. The molecule has 2 aliphatic rings. The first-order chi connectivity index (χ1) is 13.1. The van der Waals surface area contributed by atoms with Crippen molar-refractivity contribution in [3.63, 3.8) is 0 Å². The minimum atomic E-state index is -5.83. The van der Waals surface area contributed by atoms with Gasteiger partial charge >= 0.3 is 18.3 Å². The maximum Gasteiger partial charge on any atom is 0.455 e. The Morgan fingerprint density at radius 2 is 1.69 bits per heavy atom. The second-order valence-electron chi connectivity index (χ2n) is 6.41. The minimum Gasteiger partial charge on any atom is -0.317 e. The molecule has 0 saturated carbocycles. The van der Waals surface area contributed by atoms with Gasteiger partial charge < -0.3 is 4.90 Å². The zero-order valence-corrected chi connectivity index (χ0v) is 14.9. The van der Waals surface area contributed by atoms with Crippen molar-refractivity contribution in [1.82, 2.24) is 19.6 Å². The number of guanidine groups is 1. The van der Waals surface area contributed by atoms with Gasteiger partial charge in [0, 0.05) is 36.3 Å². The average Bonchev–Trinajstić information content (AvgIpc) is 3.11. The van der Waals surface area contributed by atoms with Crippen LogP contribution >= 0.6 is 0 Å². The topological polar surface area (TPSA) is 36.7 Å². The lowest BCUT2D eigenvalue weighted by atomic mass is 10.0. The van der Waals surface area contributed by atoms with Gasteiger partial charge in [-0.2, -0.15) is 40.2 Å². The maximum absolute atomic E-state index is 13.6. The number of hydrogen-bond acceptors (Lipinski definition) is 4. The molecule has 13 heteroatoms. The third-order valence-corrected chi connectivity index (χ3v) is 4.35. The average molecular weight is 427 g/mol. The van der Waals surface area contributed by atoms with Crippen molar-refractivity contribution in [1.29, 1.82) is 0 Å². The molecule has 5 nitrogen and oxygen atoms in total. The number of fused-ring (bicyclic) bond motifs is 1. The molecule has 0 amide bonds. The SMILES string of the molecule is C=C1C(c2cnn(CC(F)(F)C(F)(F)F)c2)=C(C(F)(F)F)N=C2N(C)C(C)=CN12. The molecule has 1 aromatic heterocycles. The highest BCUT2D eigenvalue weighted by Gasteiger charge is 2.57. The molecular formula is C16H13F8N5. The predicted molar refractivity (Wildman–Crippen MR) is 86.1 cm³/mol. The van der Waals surface area contributed by atoms with Crippen LogP contribution in [0.15, 0.2) is 47.3 Å². The van der Waals surface area contributed by atoms with Crippen LogP contribution in [0, 0.1) is 0 Å². The van der Waals surface area contributed by atoms with Gasteiger partial charge in [0.25, 0.3) is 0 Å². The van der Waals surface area contributed by atoms with Crippen molar-refractivity contribution in [2.45, 2.75) is 31.7 Å². The van der Waals surface area contributed by atoms with Crippen molar-refractivity contribution < 1.29 is 35.1 Å². The van der Waals surface area contributed by atoms with Gasteiger partial charge in [0.05, 0.1) is 11.9 Å². The van der Waals surface area contributed by atoms with Crippen LogP contribution in [-0.2, 0) is 6.54 Å². The normalized spacial score (nSPS) is 18.3. The molecule has 0 spiro atoms. The van der Waals surface area contributed by atoms with Gasteiger partial charge in [0.2, 0.25) is 5.96 Å². The Hall–Kier alpha value is -2.86. The Kier molecular flexibility index (Phi) is 4.55. The summed E-state index contributed by atoms with van der Waals surface area (Å²) in [5.41, 5.74) is -1.88. The van der Waals surface area contributed by atoms with Gasteiger partial charge in [-0.3, -0.25) is 9.58 Å². The quantitative estimate of drug-likeness (QED) is 0.674. The summed E-state index contributed by atoms with van der Waals surface area (Å²) in [4.78, 5) is 6.28. The van der Waals surface area contributed by atoms with Crippen molar-refractivity contribution >= 4 is 11.5 Å². The van der Waals surface area contributed by atoms with Crippen LogP contribution in [-0.4, -0.2) is 50.9 Å². The highest BCUT2D eigenvalue weighted by Crippen LogP contribution is 2.43. The van der Waals surface area contributed by atoms with Gasteiger partial charge in [-0.05, 0) is 6.92 Å². The van der Waals surface area contributed by atoms with E-state index >= 15 is 0 Å². The number of hydrogen-bond donors (Lipinski definition) is 0. The van der Waals surface area contributed by atoms with Gasteiger partial charge in [-0.15, -0.1) is 0 Å². The molecule has 0 atom stereocenters. The van der Waals surface area contributed by atoms with Crippen molar-refractivity contribution in [2.24, 2.45) is 4.99 Å². The van der Waals surface area contributed by atoms with Crippen molar-refractivity contribution in [3.05, 3.63) is 47.8 Å². The monoisotopic (exact) mass is 427 g/mol. The predicted octanol–water partition coefficient (Wildman–Crippen LogP) is 4.35. The molecule has 3 rings (SSSR count). The lowest BCUT2D eigenvalue weighted by molar-refractivity contribution is -0.287. The molecule has 158 valence electrons. The third kappa shape index (κ3) is 3.49. The summed E-state index contributed by atoms with van der Waals surface area (Å²) in [6.45, 7) is 3.37. The van der Waals surface area contributed by atoms with Crippen LogP contribution in [0.5, 0.6) is 0 Å². The van der Waals surface area contributed by atoms with Gasteiger partial charge in [0.15, 0.2) is 5.70 Å². The second kappa shape index (κ2) is 6.32. The number of halogens is 8. The summed E-state index contributed by atoms with van der Waals surface area (Å²) in [7, 11) is 1.49. The molecule has 29 heavy (non-hydrogen) atoms. The van der Waals surface area contributed by atoms with Crippen LogP contribution in [0.1, 0.15) is 12.5 Å². The number of aliphatic imine (C=N–C) groups is 1. The minimum absolute atomic E-state index is 0.0698. The Morgan fingerprint density at radius 1 is 1.07 bits per heavy atom. The van der Waals surface area contributed by atoms with E-state index in [1.807, 2.05) is 0 Å². The zero-order valence-electron chi connectivity index (χ0n) is 14.9. The molecule has 0 aliphatic carbocycles. The van der Waals surface area contributed by atoms with Crippen LogP contribution in [0.3, 0.4) is 0 Å². The molecule has 0 saturated heterocycles. The van der Waals surface area contributed by atoms with E-state index < -0.39 is 36.1 Å². The molecule has 0 unspecified atom stereocenters. The molecule has 1 aromatic rings. The fraction of sp³-hybridized carbons (Fsp3) is 0.375. The van der Waals surface area contributed by atoms with E-state index in [2.05, 4.69) is 16.7 Å². The Morgan fingerprint density at radius 3 is 2.24 bits per heavy atom. The Bertz CT molecular complexity index is 947. The maximum atomic E-state index is 13.6. The fourth-order valence-electron chi connectivity index (χ4n) is 2.77. The van der Waals surface area contributed by atoms with E-state index in [0.29, 0.717) is 11.9 Å². The van der Waals surface area contributed by atoms with E-state index in [9.17, 15) is 35.1 Å². The first-order valence-electron chi connectivity index (χ1n) is 7.91. The summed E-state index contributed by atoms with van der Waals surface area (Å²) in [6, 6.07) is 0. The summed E-state index contributed by atoms with van der Waals surface area (Å²) >= 11 is 0. The van der Waals surface area contributed by atoms with Crippen molar-refractivity contribution in [2.75, 3.05) is 7.05 Å². The van der Waals surface area contributed by atoms with E-state index in [-0.39, 0.29) is 21.9 Å². The number of rotatable bonds is 3. The summed E-state index contributed by atoms with van der Waals surface area (Å²) in [6.07, 6.45) is -7.87. The summed E-state index contributed by atoms with van der Waals surface area (Å²) in [5.74, 6) is -5.18. The zero-order chi connectivity index (χ0) is 21.9. The highest BCUT2D eigenvalue weighted by atomic mass is 19.4. The smallest absolute Gasteiger partial charge is 0.317 e. The molecule has 0 N–H and O–H groups in total. The third-order valence-electron chi connectivity index (χ3n) is 4.35. The standard InChI is InChI=1S/C16H13F8N5/c1-8-5-29-9(2)11(12(15(19,20)21)26-13(29)27(8)3)10-4-25-28(6-10)7-14(17,18)16(22,23)24/h4-6H,2,7H2,1,3H3. The van der Waals surface area contributed by atoms with Crippen LogP contribution in [0.25, 0.3) is 5.57 Å². The number of allylic oxidation sites excluding steroid dienone is 3. The highest BCUT2D eigenvalue weighted by molar-refractivity contribution is 5.97. The van der Waals surface area contributed by atoms with E-state index in [1.54, 1.807) is 6.92 Å². The molecular weight excluding hydrogens is 414 g/mol. The largest absolute Gasteiger partial charge is 0.455 e. The summed E-state index contributed by atoms with van der Waals surface area (Å²) < 4.78 is 105. The van der Waals surface area contributed by atoms with Crippen LogP contribution < -0.4 is 0 Å². The molecule has 3 heterocycles. The molecule has 0 radical (unpaired) electrons. The van der Waals surface area contributed by atoms with Crippen molar-refractivity contribution in [3.8, 4) is 0 Å². The number of aromatic nitrogens is 2. The second-order valence-corrected chi connectivity index (χ2v) is 6.41. The van der Waals surface area contributed by atoms with E-state index in [4.69, 9.17) is 0 Å². The number of alkyl halides is 8. The van der Waals surface area contributed by atoms with E-state index in [0.717, 1.165) is 6.20 Å². The van der Waals surface area contributed by atoms with Crippen LogP contribution in [0.2, 0.25) is 0 Å². The van der Waals surface area contributed by atoms with E-state index in [1.165, 1.54) is 23.0 Å². The lowest BCUT2D eigenvalue weighted by Gasteiger charge is -2.30. The molecule has 0 bridgehead atoms. The molecule has 0 fully saturated rings. The number of nitrogens with zero attached hydrogens (tertiary/aromatic N) is 5. The van der Waals surface area contributed by atoms with Crippen LogP contribution in [0.4, 0.5) is 35.1 Å². The Labute approximate surface area is 158 Å². The Balaban J connectivity index is 2.07.